The number of ether oxygens (including phenoxy) is 1. The molecule has 0 spiro atoms. The van der Waals surface area contributed by atoms with E-state index in [4.69, 9.17) is 0 Å². The number of rotatable bonds is 6. The summed E-state index contributed by atoms with van der Waals surface area (Å²) in [4.78, 5) is 27.5. The molecule has 126 valence electrons. The van der Waals surface area contributed by atoms with Gasteiger partial charge in [0.2, 0.25) is 0 Å². The normalized spacial score (nSPS) is 10.3. The van der Waals surface area contributed by atoms with E-state index >= 15 is 0 Å². The maximum absolute atomic E-state index is 11.9. The summed E-state index contributed by atoms with van der Waals surface area (Å²) in [6.07, 6.45) is 1.60. The first-order valence-corrected chi connectivity index (χ1v) is 7.69. The molecule has 1 aromatic heterocycles. The highest BCUT2D eigenvalue weighted by atomic mass is 16.5. The Kier molecular flexibility index (Phi) is 5.89. The van der Waals surface area contributed by atoms with Gasteiger partial charge in [0.05, 0.1) is 24.6 Å². The molecule has 0 saturated heterocycles. The van der Waals surface area contributed by atoms with Gasteiger partial charge in [0.15, 0.2) is 0 Å². The highest BCUT2D eigenvalue weighted by molar-refractivity contribution is 5.92. The molecule has 0 radical (unpaired) electrons. The third-order valence-corrected chi connectivity index (χ3v) is 3.26. The average Bonchev–Trinajstić information content (AvgIpc) is 2.60. The Morgan fingerprint density at radius 1 is 1.08 bits per heavy atom. The number of amides is 1. The molecule has 0 aliphatic rings. The van der Waals surface area contributed by atoms with Crippen LogP contribution in [0.4, 0.5) is 11.4 Å². The van der Waals surface area contributed by atoms with Crippen molar-refractivity contribution in [3.8, 4) is 0 Å². The Balaban J connectivity index is 1.98. The summed E-state index contributed by atoms with van der Waals surface area (Å²) in [5, 5.41) is 5.98. The van der Waals surface area contributed by atoms with Crippen LogP contribution in [-0.4, -0.2) is 30.5 Å². The van der Waals surface area contributed by atoms with Crippen molar-refractivity contribution in [1.82, 2.24) is 10.3 Å². The summed E-state index contributed by atoms with van der Waals surface area (Å²) >= 11 is 0. The summed E-state index contributed by atoms with van der Waals surface area (Å²) in [6.45, 7) is 4.69. The lowest BCUT2D eigenvalue weighted by molar-refractivity contribution is 0.0600. The largest absolute Gasteiger partial charge is 0.465 e. The Bertz CT molecular complexity index is 694. The van der Waals surface area contributed by atoms with Crippen LogP contribution >= 0.6 is 0 Å². The fourth-order valence-corrected chi connectivity index (χ4v) is 1.96. The lowest BCUT2D eigenvalue weighted by atomic mass is 10.2. The molecule has 6 heteroatoms. The third-order valence-electron chi connectivity index (χ3n) is 3.26. The molecule has 2 N–H and O–H groups in total. The molecule has 1 heterocycles. The van der Waals surface area contributed by atoms with Crippen molar-refractivity contribution in [2.24, 2.45) is 5.92 Å². The molecule has 24 heavy (non-hydrogen) atoms. The van der Waals surface area contributed by atoms with E-state index in [0.717, 1.165) is 11.4 Å². The molecule has 0 saturated carbocycles. The van der Waals surface area contributed by atoms with Gasteiger partial charge in [-0.15, -0.1) is 0 Å². The lowest BCUT2D eigenvalue weighted by Crippen LogP contribution is -2.27. The Hall–Kier alpha value is -2.89. The number of hydrogen-bond acceptors (Lipinski definition) is 5. The highest BCUT2D eigenvalue weighted by Gasteiger charge is 2.08. The quantitative estimate of drug-likeness (QED) is 0.797. The molecule has 0 atom stereocenters. The standard InChI is InChI=1S/C18H21N3O3/c1-12(2)10-20-17(22)16-9-8-15(11-19-16)21-14-6-4-13(5-7-14)18(23)24-3/h4-9,11-12,21H,10H2,1-3H3,(H,20,22). The highest BCUT2D eigenvalue weighted by Crippen LogP contribution is 2.17. The number of carbonyl (C=O) groups excluding carboxylic acids is 2. The molecule has 2 rings (SSSR count). The number of nitrogens with zero attached hydrogens (tertiary/aromatic N) is 1. The van der Waals surface area contributed by atoms with E-state index in [0.29, 0.717) is 23.7 Å². The van der Waals surface area contributed by atoms with Gasteiger partial charge < -0.3 is 15.4 Å². The molecular formula is C18H21N3O3. The summed E-state index contributed by atoms with van der Waals surface area (Å²) in [5.74, 6) is -0.166. The molecule has 0 bridgehead atoms. The second-order valence-corrected chi connectivity index (χ2v) is 5.73. The van der Waals surface area contributed by atoms with E-state index in [1.807, 2.05) is 13.8 Å². The van der Waals surface area contributed by atoms with E-state index in [2.05, 4.69) is 20.4 Å². The molecule has 0 unspecified atom stereocenters. The van der Waals surface area contributed by atoms with Gasteiger partial charge in [0.1, 0.15) is 5.69 Å². The van der Waals surface area contributed by atoms with Gasteiger partial charge in [-0.05, 0) is 42.3 Å². The van der Waals surface area contributed by atoms with Crippen LogP contribution in [0.2, 0.25) is 0 Å². The summed E-state index contributed by atoms with van der Waals surface area (Å²) in [7, 11) is 1.35. The van der Waals surface area contributed by atoms with E-state index in [1.54, 1.807) is 42.6 Å². The Morgan fingerprint density at radius 3 is 2.29 bits per heavy atom. The van der Waals surface area contributed by atoms with Crippen LogP contribution in [0.15, 0.2) is 42.6 Å². The van der Waals surface area contributed by atoms with E-state index < -0.39 is 0 Å². The minimum absolute atomic E-state index is 0.183. The van der Waals surface area contributed by atoms with Gasteiger partial charge in [-0.2, -0.15) is 0 Å². The van der Waals surface area contributed by atoms with Crippen LogP contribution in [0.25, 0.3) is 0 Å². The summed E-state index contributed by atoms with van der Waals surface area (Å²) in [5.41, 5.74) is 2.42. The summed E-state index contributed by atoms with van der Waals surface area (Å²) < 4.78 is 4.66. The van der Waals surface area contributed by atoms with Gasteiger partial charge in [0, 0.05) is 12.2 Å². The van der Waals surface area contributed by atoms with Gasteiger partial charge in [0.25, 0.3) is 5.91 Å². The van der Waals surface area contributed by atoms with Gasteiger partial charge in [-0.1, -0.05) is 13.8 Å². The molecule has 0 fully saturated rings. The number of methoxy groups -OCH3 is 1. The van der Waals surface area contributed by atoms with Crippen molar-refractivity contribution >= 4 is 23.3 Å². The van der Waals surface area contributed by atoms with Crippen molar-refractivity contribution in [3.05, 3.63) is 53.9 Å². The predicted octanol–water partition coefficient (Wildman–Crippen LogP) is 3.00. The average molecular weight is 327 g/mol. The van der Waals surface area contributed by atoms with Crippen molar-refractivity contribution < 1.29 is 14.3 Å². The third kappa shape index (κ3) is 4.81. The molecule has 0 aliphatic carbocycles. The van der Waals surface area contributed by atoms with E-state index in [1.165, 1.54) is 7.11 Å². The first-order valence-electron chi connectivity index (χ1n) is 7.69. The summed E-state index contributed by atoms with van der Waals surface area (Å²) in [6, 6.07) is 10.3. The van der Waals surface area contributed by atoms with Gasteiger partial charge >= 0.3 is 5.97 Å². The zero-order chi connectivity index (χ0) is 17.5. The molecule has 1 amide bonds. The van der Waals surface area contributed by atoms with Crippen LogP contribution in [-0.2, 0) is 4.74 Å². The smallest absolute Gasteiger partial charge is 0.337 e. The predicted molar refractivity (Wildman–Crippen MR) is 92.5 cm³/mol. The number of carbonyl (C=O) groups is 2. The molecule has 0 aliphatic heterocycles. The number of aromatic nitrogens is 1. The number of esters is 1. The lowest BCUT2D eigenvalue weighted by Gasteiger charge is -2.09. The van der Waals surface area contributed by atoms with Gasteiger partial charge in [-0.3, -0.25) is 4.79 Å². The Labute approximate surface area is 141 Å². The first kappa shape index (κ1) is 17.5. The van der Waals surface area contributed by atoms with Crippen molar-refractivity contribution in [2.45, 2.75) is 13.8 Å². The molecular weight excluding hydrogens is 306 g/mol. The topological polar surface area (TPSA) is 80.3 Å². The van der Waals surface area contributed by atoms with E-state index in [9.17, 15) is 9.59 Å². The molecule has 1 aromatic carbocycles. The molecule has 2 aromatic rings. The minimum atomic E-state index is -0.375. The van der Waals surface area contributed by atoms with Crippen LogP contribution in [0.3, 0.4) is 0 Å². The fraction of sp³-hybridized carbons (Fsp3) is 0.278. The van der Waals surface area contributed by atoms with Crippen LogP contribution in [0, 0.1) is 5.92 Å². The zero-order valence-electron chi connectivity index (χ0n) is 14.0. The van der Waals surface area contributed by atoms with E-state index in [-0.39, 0.29) is 11.9 Å². The van der Waals surface area contributed by atoms with Crippen molar-refractivity contribution in [2.75, 3.05) is 19.0 Å². The monoisotopic (exact) mass is 327 g/mol. The molecule has 6 nitrogen and oxygen atoms in total. The second kappa shape index (κ2) is 8.10. The number of pyridine rings is 1. The van der Waals surface area contributed by atoms with Crippen LogP contribution < -0.4 is 10.6 Å². The number of hydrogen-bond donors (Lipinski definition) is 2. The minimum Gasteiger partial charge on any atom is -0.465 e. The SMILES string of the molecule is COC(=O)c1ccc(Nc2ccc(C(=O)NCC(C)C)nc2)cc1. The van der Waals surface area contributed by atoms with Crippen LogP contribution in [0.5, 0.6) is 0 Å². The van der Waals surface area contributed by atoms with Crippen LogP contribution in [0.1, 0.15) is 34.7 Å². The number of anilines is 2. The van der Waals surface area contributed by atoms with Crippen molar-refractivity contribution in [3.63, 3.8) is 0 Å². The maximum atomic E-state index is 11.9. The first-order chi connectivity index (χ1) is 11.5. The van der Waals surface area contributed by atoms with Gasteiger partial charge in [-0.25, -0.2) is 9.78 Å². The fourth-order valence-electron chi connectivity index (χ4n) is 1.96. The second-order valence-electron chi connectivity index (χ2n) is 5.73. The Morgan fingerprint density at radius 2 is 1.75 bits per heavy atom. The number of benzene rings is 1. The zero-order valence-corrected chi connectivity index (χ0v) is 14.0. The van der Waals surface area contributed by atoms with Crippen molar-refractivity contribution in [1.29, 1.82) is 0 Å². The maximum Gasteiger partial charge on any atom is 0.337 e. The number of nitrogens with one attached hydrogen (secondary N) is 2.